The second kappa shape index (κ2) is 8.85. The van der Waals surface area contributed by atoms with Crippen molar-refractivity contribution in [2.24, 2.45) is 0 Å². The third-order valence-corrected chi connectivity index (χ3v) is 3.89. The molecule has 10 heteroatoms. The Hall–Kier alpha value is 0.676. The van der Waals surface area contributed by atoms with Gasteiger partial charge in [0.15, 0.2) is 9.84 Å². The largest absolute Gasteiger partial charge is 1.00 e. The van der Waals surface area contributed by atoms with Gasteiger partial charge in [-0.15, -0.1) is 0 Å². The fourth-order valence-electron chi connectivity index (χ4n) is 1.05. The molecule has 0 fully saturated rings. The van der Waals surface area contributed by atoms with E-state index in [0.717, 1.165) is 0 Å². The van der Waals surface area contributed by atoms with Gasteiger partial charge in [-0.3, -0.25) is 10.2 Å². The molecule has 1 rings (SSSR count). The van der Waals surface area contributed by atoms with E-state index in [4.69, 9.17) is 11.6 Å². The number of sulfone groups is 1. The fraction of sp³-hybridized carbons (Fsp3) is 0.111. The van der Waals surface area contributed by atoms with E-state index in [9.17, 15) is 13.2 Å². The first kappa shape index (κ1) is 19.7. The van der Waals surface area contributed by atoms with Gasteiger partial charge in [0.05, 0.1) is 4.90 Å². The Morgan fingerprint density at radius 1 is 1.26 bits per heavy atom. The molecule has 98 valence electrons. The van der Waals surface area contributed by atoms with Crippen LogP contribution in [0, 0.1) is 0 Å². The summed E-state index contributed by atoms with van der Waals surface area (Å²) in [6.45, 7) is 0. The van der Waals surface area contributed by atoms with Crippen molar-refractivity contribution in [2.75, 3.05) is 5.75 Å². The Labute approximate surface area is 169 Å². The number of carbonyl (C=O) groups is 1. The van der Waals surface area contributed by atoms with E-state index in [1.54, 1.807) is 0 Å². The average molecular weight is 363 g/mol. The topological polar surface area (TPSA) is 75.3 Å². The van der Waals surface area contributed by atoms with E-state index in [1.165, 1.54) is 24.3 Å². The second-order valence-corrected chi connectivity index (χ2v) is 6.67. The van der Waals surface area contributed by atoms with Crippen LogP contribution in [0.1, 0.15) is 0 Å². The normalized spacial score (nSPS) is 10.2. The molecule has 1 amide bonds. The SMILES string of the molecule is O=C(CS(=O)(=O)c1ccc(Cl)cc1)NNC(=S)[S-].[K+]. The predicted molar refractivity (Wildman–Crippen MR) is 74.7 cm³/mol. The van der Waals surface area contributed by atoms with Gasteiger partial charge in [0.25, 0.3) is 5.91 Å². The van der Waals surface area contributed by atoms with E-state index >= 15 is 0 Å². The molecular weight excluding hydrogens is 355 g/mol. The molecule has 0 aliphatic carbocycles. The Bertz CT molecular complexity index is 563. The Morgan fingerprint density at radius 2 is 1.79 bits per heavy atom. The molecule has 1 aromatic carbocycles. The van der Waals surface area contributed by atoms with Crippen LogP contribution >= 0.6 is 23.8 Å². The van der Waals surface area contributed by atoms with Gasteiger partial charge in [-0.05, 0) is 28.6 Å². The maximum atomic E-state index is 11.8. The summed E-state index contributed by atoms with van der Waals surface area (Å²) in [4.78, 5) is 11.3. The molecule has 0 heterocycles. The van der Waals surface area contributed by atoms with Crippen LogP contribution in [-0.4, -0.2) is 24.4 Å². The van der Waals surface area contributed by atoms with Crippen LogP contribution in [0.15, 0.2) is 29.2 Å². The summed E-state index contributed by atoms with van der Waals surface area (Å²) < 4.78 is 23.5. The Balaban J connectivity index is 0.00000324. The van der Waals surface area contributed by atoms with Crippen LogP contribution < -0.4 is 62.2 Å². The third kappa shape index (κ3) is 7.30. The molecule has 0 spiro atoms. The number of amides is 1. The van der Waals surface area contributed by atoms with Crippen LogP contribution in [0.5, 0.6) is 0 Å². The zero-order valence-corrected chi connectivity index (χ0v) is 16.2. The Morgan fingerprint density at radius 3 is 2.26 bits per heavy atom. The third-order valence-electron chi connectivity index (χ3n) is 1.80. The predicted octanol–water partition coefficient (Wildman–Crippen LogP) is -2.43. The van der Waals surface area contributed by atoms with Crippen molar-refractivity contribution in [1.29, 1.82) is 0 Å². The van der Waals surface area contributed by atoms with Gasteiger partial charge >= 0.3 is 51.4 Å². The van der Waals surface area contributed by atoms with Crippen molar-refractivity contribution < 1.29 is 64.6 Å². The summed E-state index contributed by atoms with van der Waals surface area (Å²) in [6.07, 6.45) is 0. The van der Waals surface area contributed by atoms with E-state index in [-0.39, 0.29) is 60.6 Å². The summed E-state index contributed by atoms with van der Waals surface area (Å²) >= 11 is 14.6. The maximum absolute atomic E-state index is 11.8. The first-order valence-electron chi connectivity index (χ1n) is 4.55. The maximum Gasteiger partial charge on any atom is 1.00 e. The number of hydrogen-bond acceptors (Lipinski definition) is 5. The first-order chi connectivity index (χ1) is 8.31. The monoisotopic (exact) mass is 362 g/mol. The summed E-state index contributed by atoms with van der Waals surface area (Å²) in [7, 11) is -3.71. The number of benzene rings is 1. The summed E-state index contributed by atoms with van der Waals surface area (Å²) in [5.41, 5.74) is 4.27. The van der Waals surface area contributed by atoms with Crippen molar-refractivity contribution in [3.05, 3.63) is 29.3 Å². The van der Waals surface area contributed by atoms with Crippen molar-refractivity contribution in [2.45, 2.75) is 4.90 Å². The number of rotatable bonds is 3. The van der Waals surface area contributed by atoms with Crippen molar-refractivity contribution in [1.82, 2.24) is 10.9 Å². The summed E-state index contributed by atoms with van der Waals surface area (Å²) in [5.74, 6) is -1.46. The standard InChI is InChI=1S/C9H9ClN2O3S3.K/c10-6-1-3-7(4-2-6)18(14,15)5-8(13)11-12-9(16)17;/h1-4H,5H2,(H,11,13)(H2,12,16,17);/q;+1/p-1. The van der Waals surface area contributed by atoms with E-state index in [1.807, 2.05) is 0 Å². The molecule has 1 aromatic rings. The smallest absolute Gasteiger partial charge is 0.410 e. The second-order valence-electron chi connectivity index (χ2n) is 3.17. The minimum atomic E-state index is -3.71. The van der Waals surface area contributed by atoms with Gasteiger partial charge < -0.3 is 30.3 Å². The fourth-order valence-corrected chi connectivity index (χ4v) is 2.42. The molecule has 0 aliphatic heterocycles. The molecule has 19 heavy (non-hydrogen) atoms. The molecule has 2 N–H and O–H groups in total. The van der Waals surface area contributed by atoms with E-state index in [0.29, 0.717) is 5.02 Å². The van der Waals surface area contributed by atoms with Crippen molar-refractivity contribution >= 4 is 56.5 Å². The van der Waals surface area contributed by atoms with Gasteiger partial charge in [0.1, 0.15) is 5.75 Å². The number of hydrogen-bond donors (Lipinski definition) is 2. The van der Waals surface area contributed by atoms with Gasteiger partial charge in [0.2, 0.25) is 0 Å². The van der Waals surface area contributed by atoms with Crippen LogP contribution in [0.25, 0.3) is 0 Å². The summed E-state index contributed by atoms with van der Waals surface area (Å²) in [5, 5.41) is 0.413. The molecule has 5 nitrogen and oxygen atoms in total. The minimum Gasteiger partial charge on any atom is -0.410 e. The molecule has 0 saturated carbocycles. The van der Waals surface area contributed by atoms with Crippen molar-refractivity contribution in [3.8, 4) is 0 Å². The van der Waals surface area contributed by atoms with Crippen molar-refractivity contribution in [3.63, 3.8) is 0 Å². The zero-order chi connectivity index (χ0) is 13.8. The molecular formula is C9H8ClKN2O3S3. The molecule has 0 atom stereocenters. The number of halogens is 1. The number of hydrazine groups is 1. The molecule has 0 bridgehead atoms. The molecule has 0 aliphatic rings. The number of thiocarbonyl (C=S) groups is 1. The van der Waals surface area contributed by atoms with Crippen LogP contribution in [0.3, 0.4) is 0 Å². The van der Waals surface area contributed by atoms with E-state index < -0.39 is 21.5 Å². The van der Waals surface area contributed by atoms with Crippen LogP contribution in [0.2, 0.25) is 5.02 Å². The van der Waals surface area contributed by atoms with Gasteiger partial charge in [-0.1, -0.05) is 11.6 Å². The quantitative estimate of drug-likeness (QED) is 0.269. The zero-order valence-electron chi connectivity index (χ0n) is 9.84. The van der Waals surface area contributed by atoms with Gasteiger partial charge in [-0.2, -0.15) is 0 Å². The number of carbonyl (C=O) groups excluding carboxylic acids is 1. The molecule has 0 aromatic heterocycles. The molecule has 0 unspecified atom stereocenters. The first-order valence-corrected chi connectivity index (χ1v) is 7.40. The van der Waals surface area contributed by atoms with Crippen LogP contribution in [-0.2, 0) is 27.3 Å². The number of nitrogens with one attached hydrogen (secondary N) is 2. The molecule has 0 radical (unpaired) electrons. The molecule has 0 saturated heterocycles. The summed E-state index contributed by atoms with van der Waals surface area (Å²) in [6, 6.07) is 5.53. The van der Waals surface area contributed by atoms with Crippen LogP contribution in [0.4, 0.5) is 0 Å². The van der Waals surface area contributed by atoms with Gasteiger partial charge in [-0.25, -0.2) is 8.42 Å². The Kier molecular flexibility index (Phi) is 9.17. The minimum absolute atomic E-state index is 0. The average Bonchev–Trinajstić information content (AvgIpc) is 2.26. The van der Waals surface area contributed by atoms with E-state index in [2.05, 4.69) is 35.7 Å². The van der Waals surface area contributed by atoms with Gasteiger partial charge in [0, 0.05) is 5.02 Å².